The normalized spacial score (nSPS) is 16.8. The van der Waals surface area contributed by atoms with Gasteiger partial charge in [-0.05, 0) is 29.8 Å². The van der Waals surface area contributed by atoms with E-state index in [0.717, 1.165) is 43.0 Å². The molecule has 1 unspecified atom stereocenters. The van der Waals surface area contributed by atoms with Crippen LogP contribution >= 0.6 is 0 Å². The molecule has 1 aliphatic rings. The van der Waals surface area contributed by atoms with Gasteiger partial charge in [0.25, 0.3) is 0 Å². The number of nitrogens with two attached hydrogens (primary N) is 1. The largest absolute Gasteiger partial charge is 0.387 e. The number of nitrogen functional groups attached to an aromatic ring is 1. The predicted molar refractivity (Wildman–Crippen MR) is 97.5 cm³/mol. The van der Waals surface area contributed by atoms with Gasteiger partial charge in [0.05, 0.1) is 6.10 Å². The molecule has 0 aliphatic carbocycles. The summed E-state index contributed by atoms with van der Waals surface area (Å²) in [7, 11) is 0. The van der Waals surface area contributed by atoms with Crippen molar-refractivity contribution in [3.63, 3.8) is 0 Å². The molecule has 0 radical (unpaired) electrons. The second kappa shape index (κ2) is 7.47. The van der Waals surface area contributed by atoms with Crippen molar-refractivity contribution in [1.29, 1.82) is 5.41 Å². The van der Waals surface area contributed by atoms with Gasteiger partial charge in [-0.2, -0.15) is 0 Å². The van der Waals surface area contributed by atoms with E-state index in [4.69, 9.17) is 11.1 Å². The van der Waals surface area contributed by atoms with Crippen LogP contribution in [-0.4, -0.2) is 48.6 Å². The van der Waals surface area contributed by atoms with Crippen LogP contribution in [0, 0.1) is 5.41 Å². The Morgan fingerprint density at radius 2 is 1.62 bits per heavy atom. The van der Waals surface area contributed by atoms with Gasteiger partial charge in [-0.3, -0.25) is 10.3 Å². The Hall–Kier alpha value is -2.37. The van der Waals surface area contributed by atoms with Crippen molar-refractivity contribution in [1.82, 2.24) is 4.90 Å². The second-order valence-electron chi connectivity index (χ2n) is 6.17. The summed E-state index contributed by atoms with van der Waals surface area (Å²) in [5.41, 5.74) is 8.38. The van der Waals surface area contributed by atoms with Crippen LogP contribution in [0.15, 0.2) is 54.6 Å². The maximum absolute atomic E-state index is 10.4. The van der Waals surface area contributed by atoms with Gasteiger partial charge in [-0.15, -0.1) is 0 Å². The highest BCUT2D eigenvalue weighted by molar-refractivity contribution is 5.95. The van der Waals surface area contributed by atoms with Crippen molar-refractivity contribution in [2.45, 2.75) is 6.10 Å². The van der Waals surface area contributed by atoms with E-state index in [0.29, 0.717) is 6.54 Å². The lowest BCUT2D eigenvalue weighted by Gasteiger charge is -2.37. The van der Waals surface area contributed by atoms with Crippen LogP contribution in [-0.2, 0) is 0 Å². The standard InChI is InChI=1S/C19H24N4O/c20-19(21)16-6-8-17(9-7-16)23-12-10-22(11-13-23)14-18(24)15-4-2-1-3-5-15/h1-9,18,24H,10-14H2,(H3,20,21). The molecule has 2 aromatic carbocycles. The van der Waals surface area contributed by atoms with E-state index < -0.39 is 6.10 Å². The molecule has 126 valence electrons. The summed E-state index contributed by atoms with van der Waals surface area (Å²) in [6.45, 7) is 4.39. The quantitative estimate of drug-likeness (QED) is 0.579. The molecule has 5 nitrogen and oxygen atoms in total. The molecule has 0 saturated carbocycles. The first-order valence-electron chi connectivity index (χ1n) is 8.28. The summed E-state index contributed by atoms with van der Waals surface area (Å²) >= 11 is 0. The van der Waals surface area contributed by atoms with Crippen LogP contribution in [0.1, 0.15) is 17.2 Å². The summed E-state index contributed by atoms with van der Waals surface area (Å²) in [6.07, 6.45) is -0.437. The Bertz CT molecular complexity index is 664. The number of hydrogen-bond donors (Lipinski definition) is 3. The predicted octanol–water partition coefficient (Wildman–Crippen LogP) is 1.83. The number of β-amino-alcohol motifs (C(OH)–C–C–N with tert-alkyl or cyclic N) is 1. The van der Waals surface area contributed by atoms with Crippen molar-refractivity contribution < 1.29 is 5.11 Å². The Balaban J connectivity index is 1.53. The minimum Gasteiger partial charge on any atom is -0.387 e. The Morgan fingerprint density at radius 3 is 2.21 bits per heavy atom. The summed E-state index contributed by atoms with van der Waals surface area (Å²) in [6, 6.07) is 17.6. The molecule has 3 rings (SSSR count). The van der Waals surface area contributed by atoms with Crippen LogP contribution in [0.2, 0.25) is 0 Å². The lowest BCUT2D eigenvalue weighted by atomic mass is 10.1. The highest BCUT2D eigenvalue weighted by Crippen LogP contribution is 2.19. The molecular weight excluding hydrogens is 300 g/mol. The van der Waals surface area contributed by atoms with E-state index in [2.05, 4.69) is 9.80 Å². The first-order valence-corrected chi connectivity index (χ1v) is 8.28. The highest BCUT2D eigenvalue weighted by Gasteiger charge is 2.20. The average Bonchev–Trinajstić information content (AvgIpc) is 2.63. The molecule has 0 bridgehead atoms. The molecule has 0 amide bonds. The average molecular weight is 324 g/mol. The zero-order chi connectivity index (χ0) is 16.9. The number of hydrogen-bond acceptors (Lipinski definition) is 4. The molecule has 24 heavy (non-hydrogen) atoms. The van der Waals surface area contributed by atoms with E-state index in [1.807, 2.05) is 54.6 Å². The third kappa shape index (κ3) is 3.93. The molecular formula is C19H24N4O. The smallest absolute Gasteiger partial charge is 0.122 e. The third-order valence-corrected chi connectivity index (χ3v) is 4.53. The minimum atomic E-state index is -0.437. The van der Waals surface area contributed by atoms with E-state index in [1.165, 1.54) is 0 Å². The zero-order valence-electron chi connectivity index (χ0n) is 13.7. The van der Waals surface area contributed by atoms with Crippen LogP contribution < -0.4 is 10.6 Å². The van der Waals surface area contributed by atoms with Crippen LogP contribution in [0.3, 0.4) is 0 Å². The van der Waals surface area contributed by atoms with Gasteiger partial charge < -0.3 is 15.7 Å². The second-order valence-corrected chi connectivity index (χ2v) is 6.17. The van der Waals surface area contributed by atoms with Gasteiger partial charge in [0.1, 0.15) is 5.84 Å². The lowest BCUT2D eigenvalue weighted by molar-refractivity contribution is 0.109. The first-order chi connectivity index (χ1) is 11.6. The molecule has 1 atom stereocenters. The molecule has 1 aliphatic heterocycles. The maximum Gasteiger partial charge on any atom is 0.122 e. The molecule has 1 heterocycles. The van der Waals surface area contributed by atoms with Gasteiger partial charge in [0.2, 0.25) is 0 Å². The van der Waals surface area contributed by atoms with Gasteiger partial charge in [-0.25, -0.2) is 0 Å². The Kier molecular flexibility index (Phi) is 5.13. The summed E-state index contributed by atoms with van der Waals surface area (Å²) in [5, 5.41) is 17.8. The molecule has 2 aromatic rings. The Labute approximate surface area is 142 Å². The molecule has 1 fully saturated rings. The fraction of sp³-hybridized carbons (Fsp3) is 0.316. The molecule has 5 heteroatoms. The number of aliphatic hydroxyl groups is 1. The minimum absolute atomic E-state index is 0.0984. The number of nitrogens with one attached hydrogen (secondary N) is 1. The summed E-state index contributed by atoms with van der Waals surface area (Å²) < 4.78 is 0. The topological polar surface area (TPSA) is 76.6 Å². The zero-order valence-corrected chi connectivity index (χ0v) is 13.7. The number of amidine groups is 1. The first kappa shape index (κ1) is 16.5. The lowest BCUT2D eigenvalue weighted by Crippen LogP contribution is -2.47. The molecule has 4 N–H and O–H groups in total. The number of anilines is 1. The number of rotatable bonds is 5. The van der Waals surface area contributed by atoms with E-state index in [-0.39, 0.29) is 5.84 Å². The van der Waals surface area contributed by atoms with Gasteiger partial charge in [-0.1, -0.05) is 30.3 Å². The van der Waals surface area contributed by atoms with Crippen LogP contribution in [0.4, 0.5) is 5.69 Å². The van der Waals surface area contributed by atoms with Crippen molar-refractivity contribution in [2.75, 3.05) is 37.6 Å². The van der Waals surface area contributed by atoms with E-state index in [9.17, 15) is 5.11 Å². The molecule has 1 saturated heterocycles. The van der Waals surface area contributed by atoms with Crippen LogP contribution in [0.25, 0.3) is 0 Å². The Morgan fingerprint density at radius 1 is 1.00 bits per heavy atom. The van der Waals surface area contributed by atoms with E-state index in [1.54, 1.807) is 0 Å². The van der Waals surface area contributed by atoms with Crippen molar-refractivity contribution in [3.8, 4) is 0 Å². The van der Waals surface area contributed by atoms with Crippen LogP contribution in [0.5, 0.6) is 0 Å². The van der Waals surface area contributed by atoms with Crippen molar-refractivity contribution in [2.24, 2.45) is 5.73 Å². The number of nitrogens with zero attached hydrogens (tertiary/aromatic N) is 2. The van der Waals surface area contributed by atoms with E-state index >= 15 is 0 Å². The van der Waals surface area contributed by atoms with Crippen molar-refractivity contribution >= 4 is 11.5 Å². The van der Waals surface area contributed by atoms with Gasteiger partial charge >= 0.3 is 0 Å². The fourth-order valence-corrected chi connectivity index (χ4v) is 3.07. The summed E-state index contributed by atoms with van der Waals surface area (Å²) in [5.74, 6) is 0.0984. The maximum atomic E-state index is 10.4. The van der Waals surface area contributed by atoms with Crippen molar-refractivity contribution in [3.05, 3.63) is 65.7 Å². The molecule has 0 spiro atoms. The highest BCUT2D eigenvalue weighted by atomic mass is 16.3. The van der Waals surface area contributed by atoms with Gasteiger partial charge in [0.15, 0.2) is 0 Å². The number of benzene rings is 2. The third-order valence-electron chi connectivity index (χ3n) is 4.53. The summed E-state index contributed by atoms with van der Waals surface area (Å²) in [4.78, 5) is 4.63. The SMILES string of the molecule is N=C(N)c1ccc(N2CCN(CC(O)c3ccccc3)CC2)cc1. The van der Waals surface area contributed by atoms with Gasteiger partial charge in [0, 0.05) is 44.0 Å². The number of piperazine rings is 1. The molecule has 0 aromatic heterocycles. The number of aliphatic hydroxyl groups excluding tert-OH is 1. The fourth-order valence-electron chi connectivity index (χ4n) is 3.07. The monoisotopic (exact) mass is 324 g/mol.